The first-order valence-corrected chi connectivity index (χ1v) is 9.22. The van der Waals surface area contributed by atoms with Crippen molar-refractivity contribution in [1.82, 2.24) is 10.2 Å². The lowest BCUT2D eigenvalue weighted by Crippen LogP contribution is -2.25. The number of ether oxygens (including phenoxy) is 2. The fourth-order valence-corrected chi connectivity index (χ4v) is 3.28. The standard InChI is InChI=1S/C20H17BrN2O6/c1-23-18(24)15(22-20(23)27)8-12-7-14(21)17(16(9-12)28-2)29-10-11-4-3-5-13(6-11)19(25)26/h3-9H,10H2,1-2H3,(H,22,27)(H,25,26)/b15-8+. The molecule has 2 aromatic carbocycles. The molecule has 1 aliphatic rings. The van der Waals surface area contributed by atoms with Gasteiger partial charge in [0.15, 0.2) is 11.5 Å². The molecule has 29 heavy (non-hydrogen) atoms. The number of halogens is 1. The lowest BCUT2D eigenvalue weighted by Gasteiger charge is -2.14. The summed E-state index contributed by atoms with van der Waals surface area (Å²) in [6, 6.07) is 9.34. The maximum absolute atomic E-state index is 12.0. The Labute approximate surface area is 174 Å². The third-order valence-electron chi connectivity index (χ3n) is 4.20. The van der Waals surface area contributed by atoms with E-state index in [0.717, 1.165) is 4.90 Å². The Hall–Kier alpha value is -3.33. The largest absolute Gasteiger partial charge is 0.493 e. The number of hydrogen-bond donors (Lipinski definition) is 2. The van der Waals surface area contributed by atoms with Crippen LogP contribution in [0.2, 0.25) is 0 Å². The number of nitrogens with zero attached hydrogens (tertiary/aromatic N) is 1. The Morgan fingerprint density at radius 2 is 2.03 bits per heavy atom. The van der Waals surface area contributed by atoms with Crippen molar-refractivity contribution < 1.29 is 29.0 Å². The average molecular weight is 461 g/mol. The molecule has 9 heteroatoms. The van der Waals surface area contributed by atoms with Crippen LogP contribution in [0.4, 0.5) is 4.79 Å². The molecule has 0 atom stereocenters. The SMILES string of the molecule is COc1cc(/C=C2/NC(=O)N(C)C2=O)cc(Br)c1OCc1cccc(C(=O)O)c1. The second-order valence-electron chi connectivity index (χ2n) is 6.18. The minimum atomic E-state index is -1.01. The number of amides is 3. The van der Waals surface area contributed by atoms with Gasteiger partial charge in [0.25, 0.3) is 5.91 Å². The summed E-state index contributed by atoms with van der Waals surface area (Å²) in [4.78, 5) is 35.7. The summed E-state index contributed by atoms with van der Waals surface area (Å²) in [6.07, 6.45) is 1.54. The van der Waals surface area contributed by atoms with Crippen LogP contribution >= 0.6 is 15.9 Å². The molecule has 3 rings (SSSR count). The molecule has 0 saturated carbocycles. The molecule has 0 bridgehead atoms. The van der Waals surface area contributed by atoms with Crippen molar-refractivity contribution in [2.24, 2.45) is 0 Å². The first-order chi connectivity index (χ1) is 13.8. The molecule has 0 radical (unpaired) electrons. The number of carbonyl (C=O) groups excluding carboxylic acids is 2. The fraction of sp³-hybridized carbons (Fsp3) is 0.150. The van der Waals surface area contributed by atoms with Crippen LogP contribution in [0, 0.1) is 0 Å². The van der Waals surface area contributed by atoms with E-state index in [2.05, 4.69) is 21.2 Å². The van der Waals surface area contributed by atoms with Crippen molar-refractivity contribution in [3.63, 3.8) is 0 Å². The van der Waals surface area contributed by atoms with Crippen LogP contribution < -0.4 is 14.8 Å². The Balaban J connectivity index is 1.84. The van der Waals surface area contributed by atoms with Gasteiger partial charge in [-0.25, -0.2) is 9.59 Å². The van der Waals surface area contributed by atoms with Crippen molar-refractivity contribution in [3.8, 4) is 11.5 Å². The summed E-state index contributed by atoms with van der Waals surface area (Å²) < 4.78 is 11.8. The number of imide groups is 1. The lowest BCUT2D eigenvalue weighted by molar-refractivity contribution is -0.121. The maximum Gasteiger partial charge on any atom is 0.335 e. The highest BCUT2D eigenvalue weighted by atomic mass is 79.9. The van der Waals surface area contributed by atoms with E-state index in [0.29, 0.717) is 27.1 Å². The van der Waals surface area contributed by atoms with Gasteiger partial charge >= 0.3 is 12.0 Å². The number of rotatable bonds is 6. The smallest absolute Gasteiger partial charge is 0.335 e. The Kier molecular flexibility index (Phi) is 5.88. The molecule has 0 unspecified atom stereocenters. The first-order valence-electron chi connectivity index (χ1n) is 8.43. The molecule has 3 amide bonds. The number of aromatic carboxylic acids is 1. The van der Waals surface area contributed by atoms with Gasteiger partial charge in [-0.15, -0.1) is 0 Å². The second-order valence-corrected chi connectivity index (χ2v) is 7.03. The Bertz CT molecular complexity index is 1030. The van der Waals surface area contributed by atoms with Crippen molar-refractivity contribution in [2.45, 2.75) is 6.61 Å². The summed E-state index contributed by atoms with van der Waals surface area (Å²) in [5.74, 6) is -0.606. The van der Waals surface area contributed by atoms with Crippen LogP contribution in [0.1, 0.15) is 21.5 Å². The van der Waals surface area contributed by atoms with Crippen LogP contribution in [0.5, 0.6) is 11.5 Å². The molecule has 1 heterocycles. The van der Waals surface area contributed by atoms with Gasteiger partial charge in [-0.2, -0.15) is 0 Å². The van der Waals surface area contributed by atoms with E-state index in [-0.39, 0.29) is 17.9 Å². The van der Waals surface area contributed by atoms with Crippen LogP contribution in [0.15, 0.2) is 46.6 Å². The molecule has 0 spiro atoms. The minimum absolute atomic E-state index is 0.135. The van der Waals surface area contributed by atoms with E-state index >= 15 is 0 Å². The zero-order valence-electron chi connectivity index (χ0n) is 15.6. The van der Waals surface area contributed by atoms with Gasteiger partial charge in [-0.05, 0) is 57.4 Å². The monoisotopic (exact) mass is 460 g/mol. The zero-order valence-corrected chi connectivity index (χ0v) is 17.1. The van der Waals surface area contributed by atoms with Gasteiger partial charge in [0.1, 0.15) is 12.3 Å². The molecule has 0 aromatic heterocycles. The molecular weight excluding hydrogens is 444 g/mol. The van der Waals surface area contributed by atoms with Gasteiger partial charge in [0, 0.05) is 7.05 Å². The number of likely N-dealkylation sites (N-methyl/N-ethyl adjacent to an activating group) is 1. The van der Waals surface area contributed by atoms with Crippen LogP contribution in [-0.2, 0) is 11.4 Å². The predicted octanol–water partition coefficient (Wildman–Crippen LogP) is 3.26. The number of carboxylic acid groups (broad SMARTS) is 1. The van der Waals surface area contributed by atoms with Crippen LogP contribution in [0.3, 0.4) is 0 Å². The van der Waals surface area contributed by atoms with E-state index < -0.39 is 17.9 Å². The van der Waals surface area contributed by atoms with Crippen molar-refractivity contribution in [3.05, 3.63) is 63.3 Å². The molecule has 150 valence electrons. The van der Waals surface area contributed by atoms with Crippen LogP contribution in [-0.4, -0.2) is 42.1 Å². The van der Waals surface area contributed by atoms with Crippen molar-refractivity contribution in [1.29, 1.82) is 0 Å². The van der Waals surface area contributed by atoms with Crippen LogP contribution in [0.25, 0.3) is 6.08 Å². The third-order valence-corrected chi connectivity index (χ3v) is 4.79. The summed E-state index contributed by atoms with van der Waals surface area (Å²) in [5.41, 5.74) is 1.64. The first kappa shape index (κ1) is 20.4. The van der Waals surface area contributed by atoms with E-state index in [9.17, 15) is 14.4 Å². The lowest BCUT2D eigenvalue weighted by atomic mass is 10.1. The van der Waals surface area contributed by atoms with E-state index in [1.54, 1.807) is 24.3 Å². The normalized spacial score (nSPS) is 14.9. The van der Waals surface area contributed by atoms with Crippen molar-refractivity contribution >= 4 is 39.9 Å². The number of methoxy groups -OCH3 is 1. The van der Waals surface area contributed by atoms with E-state index in [4.69, 9.17) is 14.6 Å². The minimum Gasteiger partial charge on any atom is -0.493 e. The number of urea groups is 1. The summed E-state index contributed by atoms with van der Waals surface area (Å²) in [6.45, 7) is 0.135. The molecule has 1 fully saturated rings. The van der Waals surface area contributed by atoms with E-state index in [1.165, 1.54) is 32.4 Å². The Morgan fingerprint density at radius 1 is 1.28 bits per heavy atom. The van der Waals surface area contributed by atoms with Gasteiger partial charge < -0.3 is 19.9 Å². The highest BCUT2D eigenvalue weighted by molar-refractivity contribution is 9.10. The predicted molar refractivity (Wildman–Crippen MR) is 108 cm³/mol. The highest BCUT2D eigenvalue weighted by Gasteiger charge is 2.30. The van der Waals surface area contributed by atoms with Crippen molar-refractivity contribution in [2.75, 3.05) is 14.2 Å². The molecule has 2 aromatic rings. The molecule has 2 N–H and O–H groups in total. The van der Waals surface area contributed by atoms with Gasteiger partial charge in [0.2, 0.25) is 0 Å². The number of hydrogen-bond acceptors (Lipinski definition) is 5. The number of benzene rings is 2. The number of carbonyl (C=O) groups is 3. The molecule has 0 aliphatic carbocycles. The second kappa shape index (κ2) is 8.36. The van der Waals surface area contributed by atoms with Gasteiger partial charge in [-0.1, -0.05) is 12.1 Å². The topological polar surface area (TPSA) is 105 Å². The molecular formula is C20H17BrN2O6. The highest BCUT2D eigenvalue weighted by Crippen LogP contribution is 2.38. The number of carboxylic acids is 1. The average Bonchev–Trinajstić information content (AvgIpc) is 2.93. The molecule has 1 aliphatic heterocycles. The summed E-state index contributed by atoms with van der Waals surface area (Å²) in [7, 11) is 2.87. The molecule has 8 nitrogen and oxygen atoms in total. The maximum atomic E-state index is 12.0. The summed E-state index contributed by atoms with van der Waals surface area (Å²) >= 11 is 3.43. The summed E-state index contributed by atoms with van der Waals surface area (Å²) in [5, 5.41) is 11.6. The molecule has 1 saturated heterocycles. The van der Waals surface area contributed by atoms with Gasteiger partial charge in [0.05, 0.1) is 17.1 Å². The van der Waals surface area contributed by atoms with E-state index in [1.807, 2.05) is 0 Å². The quantitative estimate of drug-likeness (QED) is 0.506. The Morgan fingerprint density at radius 3 is 2.66 bits per heavy atom. The fourth-order valence-electron chi connectivity index (χ4n) is 2.70. The third kappa shape index (κ3) is 4.40. The zero-order chi connectivity index (χ0) is 21.1. The van der Waals surface area contributed by atoms with Gasteiger partial charge in [-0.3, -0.25) is 9.69 Å². The number of nitrogens with one attached hydrogen (secondary N) is 1.